The van der Waals surface area contributed by atoms with Crippen molar-refractivity contribution in [1.82, 2.24) is 10.6 Å². The van der Waals surface area contributed by atoms with Gasteiger partial charge in [-0.3, -0.25) is 28.8 Å². The van der Waals surface area contributed by atoms with Crippen LogP contribution in [0, 0.1) is 85.8 Å². The molecule has 4 unspecified atom stereocenters. The van der Waals surface area contributed by atoms with Crippen molar-refractivity contribution >= 4 is 59.2 Å². The number of amides is 2. The van der Waals surface area contributed by atoms with E-state index in [0.717, 1.165) is 12.2 Å². The first kappa shape index (κ1) is 93.3. The van der Waals surface area contributed by atoms with Crippen molar-refractivity contribution in [1.29, 1.82) is 0 Å². The zero-order valence-corrected chi connectivity index (χ0v) is 67.2. The molecule has 8 fully saturated rings. The molecule has 0 bridgehead atoms. The van der Waals surface area contributed by atoms with Gasteiger partial charge in [0, 0.05) is 46.3 Å². The van der Waals surface area contributed by atoms with Gasteiger partial charge in [-0.1, -0.05) is 44.4 Å². The van der Waals surface area contributed by atoms with Crippen LogP contribution in [0.4, 0.5) is 22.8 Å². The first-order chi connectivity index (χ1) is 55.8. The number of allylic oxidation sites excluding steroid dienone is 8. The SMILES string of the molecule is CC1(C)O[C@@H]2CC3C4C[C@H](F)C5=CC(=O)C=C[C@]5(C)[C@@]4(F)[C@@H](O)C[C@]3(C)[C@]2(C(=O)COC(=O)OCC(NC(=O)CCCCCO[N+](=O)[O-])C(=O)OCCCCO[N+](=O)[O-])O1.CC1(C)O[C@@H]2C[C@H]3[C@@H]4CCC5=CC(=O)C=C[C@]5(C)[C@@]4(F)[C@@H](O)C[C@]3(C)[C@]2(C(=O)COC(=O)OCC(NC(=O)CCCCCO[N+](=O)[O-])C(=O)OCCCCO[N+](=O)[O-])O1. The number of fused-ring (bicyclic) bond motifs is 14. The van der Waals surface area contributed by atoms with Gasteiger partial charge in [0.15, 0.2) is 71.0 Å². The van der Waals surface area contributed by atoms with E-state index in [1.54, 1.807) is 48.5 Å². The summed E-state index contributed by atoms with van der Waals surface area (Å²) in [4.78, 5) is 188. The molecule has 662 valence electrons. The number of carbonyl (C=O) groups excluding carboxylic acids is 10. The Morgan fingerprint density at radius 2 is 0.882 bits per heavy atom. The first-order valence-electron chi connectivity index (χ1n) is 39.5. The molecule has 2 heterocycles. The summed E-state index contributed by atoms with van der Waals surface area (Å²) >= 11 is 0. The minimum absolute atomic E-state index is 0.0303. The lowest BCUT2D eigenvalue weighted by molar-refractivity contribution is -0.757. The Balaban J connectivity index is 0.000000271. The monoisotopic (exact) mass is 1700 g/mol. The Hall–Kier alpha value is -9.59. The number of alkyl halides is 3. The lowest BCUT2D eigenvalue weighted by Gasteiger charge is -2.63. The highest BCUT2D eigenvalue weighted by Crippen LogP contribution is 2.75. The summed E-state index contributed by atoms with van der Waals surface area (Å²) < 4.78 is 108. The summed E-state index contributed by atoms with van der Waals surface area (Å²) in [6.07, 6.45) is 0.295. The quantitative estimate of drug-likeness (QED) is 0.0163. The van der Waals surface area contributed by atoms with Gasteiger partial charge >= 0.3 is 24.2 Å². The van der Waals surface area contributed by atoms with Gasteiger partial charge in [0.25, 0.3) is 20.3 Å². The van der Waals surface area contributed by atoms with Crippen LogP contribution >= 0.6 is 0 Å². The molecule has 2 saturated heterocycles. The number of aliphatic hydroxyl groups is 2. The second-order valence-corrected chi connectivity index (χ2v) is 33.2. The molecule has 0 spiro atoms. The molecule has 119 heavy (non-hydrogen) atoms. The number of ketones is 4. The molecule has 2 amide bonds. The maximum absolute atomic E-state index is 17.7. The molecule has 10 rings (SSSR count). The van der Waals surface area contributed by atoms with Crippen LogP contribution in [-0.2, 0) is 105 Å². The van der Waals surface area contributed by atoms with E-state index in [1.807, 2.05) is 0 Å². The summed E-state index contributed by atoms with van der Waals surface area (Å²) in [6.45, 7) is 8.17. The average Bonchev–Trinajstić information content (AvgIpc) is 1.53. The van der Waals surface area contributed by atoms with Crippen molar-refractivity contribution in [2.24, 2.45) is 45.3 Å². The van der Waals surface area contributed by atoms with Crippen LogP contribution in [0.3, 0.4) is 0 Å². The predicted molar refractivity (Wildman–Crippen MR) is 391 cm³/mol. The van der Waals surface area contributed by atoms with Gasteiger partial charge in [-0.15, -0.1) is 40.5 Å². The topological polar surface area (TPSA) is 537 Å². The van der Waals surface area contributed by atoms with Crippen LogP contribution in [0.1, 0.15) is 177 Å². The van der Waals surface area contributed by atoms with E-state index in [1.165, 1.54) is 31.2 Å². The number of halogens is 3. The highest BCUT2D eigenvalue weighted by molar-refractivity contribution is 6.02. The third-order valence-corrected chi connectivity index (χ3v) is 25.2. The van der Waals surface area contributed by atoms with E-state index < -0.39 is 222 Å². The number of Topliss-reactive ketones (excluding diaryl/α,β-unsaturated/α-hetero) is 2. The Kier molecular flexibility index (Phi) is 29.5. The van der Waals surface area contributed by atoms with Crippen LogP contribution in [0.2, 0.25) is 0 Å². The predicted octanol–water partition coefficient (Wildman–Crippen LogP) is 6.68. The lowest BCUT2D eigenvalue weighted by atomic mass is 9.44. The van der Waals surface area contributed by atoms with Gasteiger partial charge in [-0.2, -0.15) is 0 Å². The van der Waals surface area contributed by atoms with E-state index in [9.17, 15) is 98.6 Å². The third kappa shape index (κ3) is 19.4. The molecule has 43 heteroatoms. The second kappa shape index (κ2) is 37.6. The Bertz CT molecular complexity index is 4010. The van der Waals surface area contributed by atoms with Crippen molar-refractivity contribution < 1.29 is 158 Å². The highest BCUT2D eigenvalue weighted by Gasteiger charge is 2.83. The molecule has 6 saturated carbocycles. The minimum Gasteiger partial charge on any atom is -0.464 e. The van der Waals surface area contributed by atoms with Crippen molar-refractivity contribution in [2.75, 3.05) is 66.1 Å². The van der Waals surface area contributed by atoms with Crippen molar-refractivity contribution in [3.63, 3.8) is 0 Å². The summed E-state index contributed by atoms with van der Waals surface area (Å²) in [5.41, 5.74) is -13.3. The molecule has 10 aliphatic rings. The summed E-state index contributed by atoms with van der Waals surface area (Å²) in [5.74, 6) is -11.4. The van der Waals surface area contributed by atoms with Crippen LogP contribution in [0.25, 0.3) is 0 Å². The van der Waals surface area contributed by atoms with Gasteiger partial charge < -0.3 is 87.6 Å². The molecule has 2 aliphatic heterocycles. The summed E-state index contributed by atoms with van der Waals surface area (Å²) in [7, 11) is 0. The molecule has 0 aromatic rings. The standard InChI is InChI=1S/C38H51F2N3O17.C38H52FN3O17/c1-34(2)59-30-18-23-24-17-26(39)25-16-22(44)11-12-35(25,3)37(24,40)28(45)19-36(23,4)38(30,60-34)29(46)21-56-33(49)55-20-27(32(48)54-13-8-9-15-58-43(52)53)41-31(47)10-6-5-7-14-57-42(50)51;1-34(2)58-30-19-26-25-12-11-23-18-24(43)13-14-35(23,3)37(25,39)28(44)20-36(26,4)38(30,59-34)29(45)22-55-33(48)54-21-27(32(47)53-15-8-9-17-57-42(51)52)40-31(46)10-6-5-7-16-56-41(49)50/h11-12,16,23-24,26-28,30,45H,5-10,13-15,17-21H2,1-4H3,(H,41,47);13-14,18,25-28,30,44H,5-12,15-17,19-22H2,1-4H3,(H,40,46)/t23?,24?,26-,27?,28-,30+,35-,36-,37-,38+;25-,26-,27?,28-,30+,35-,36-,37-,38+/m00/s1. The zero-order chi connectivity index (χ0) is 87.7. The second-order valence-electron chi connectivity index (χ2n) is 33.2. The molecule has 0 aromatic carbocycles. The maximum atomic E-state index is 17.7. The number of nitrogens with one attached hydrogen (secondary N) is 2. The number of hydrogen-bond acceptors (Lipinski definition) is 34. The Labute approximate surface area is 679 Å². The fraction of sp³-hybridized carbons (Fsp3) is 0.763. The number of unbranched alkanes of at least 4 members (excludes halogenated alkanes) is 6. The fourth-order valence-electron chi connectivity index (χ4n) is 20.0. The fourth-order valence-corrected chi connectivity index (χ4v) is 20.0. The van der Waals surface area contributed by atoms with Crippen LogP contribution < -0.4 is 10.6 Å². The summed E-state index contributed by atoms with van der Waals surface area (Å²) in [5, 5.41) is 65.8. The lowest BCUT2D eigenvalue weighted by Crippen LogP contribution is -2.71. The van der Waals surface area contributed by atoms with Gasteiger partial charge in [0.1, 0.15) is 19.4 Å². The normalized spacial score (nSPS) is 33.3. The van der Waals surface area contributed by atoms with Gasteiger partial charge in [-0.05, 0) is 180 Å². The number of carbonyl (C=O) groups is 10. The molecule has 8 aliphatic carbocycles. The molecule has 19 atom stereocenters. The Morgan fingerprint density at radius 3 is 1.30 bits per heavy atom. The maximum Gasteiger partial charge on any atom is 0.508 e. The van der Waals surface area contributed by atoms with Gasteiger partial charge in [0.2, 0.25) is 23.4 Å². The van der Waals surface area contributed by atoms with Crippen LogP contribution in [0.15, 0.2) is 47.6 Å². The highest BCUT2D eigenvalue weighted by atomic mass is 19.2. The molecule has 4 N–H and O–H groups in total. The number of rotatable bonds is 40. The largest absolute Gasteiger partial charge is 0.508 e. The van der Waals surface area contributed by atoms with E-state index in [4.69, 9.17) is 47.4 Å². The summed E-state index contributed by atoms with van der Waals surface area (Å²) in [6, 6.07) is -3.09. The molecule has 0 aromatic heterocycles. The zero-order valence-electron chi connectivity index (χ0n) is 67.2. The van der Waals surface area contributed by atoms with Crippen molar-refractivity contribution in [2.45, 2.75) is 254 Å². The van der Waals surface area contributed by atoms with Gasteiger partial charge in [0.05, 0.1) is 64.1 Å². The number of ether oxygens (including phenoxy) is 10. The number of aliphatic hydroxyl groups excluding tert-OH is 2. The van der Waals surface area contributed by atoms with Crippen LogP contribution in [-0.4, -0.2) is 233 Å². The van der Waals surface area contributed by atoms with Gasteiger partial charge in [-0.25, -0.2) is 32.3 Å². The minimum atomic E-state index is -2.44. The van der Waals surface area contributed by atoms with Crippen molar-refractivity contribution in [3.8, 4) is 0 Å². The van der Waals surface area contributed by atoms with E-state index in [-0.39, 0.29) is 141 Å². The Morgan fingerprint density at radius 1 is 0.504 bits per heavy atom. The number of nitrogens with zero attached hydrogens (tertiary/aromatic N) is 4. The number of hydrogen-bond donors (Lipinski definition) is 4. The van der Waals surface area contributed by atoms with E-state index in [2.05, 4.69) is 30.0 Å². The third-order valence-electron chi connectivity index (χ3n) is 25.2. The number of esters is 2. The first-order valence-corrected chi connectivity index (χ1v) is 39.5. The van der Waals surface area contributed by atoms with Crippen LogP contribution in [0.5, 0.6) is 0 Å². The molecular weight excluding hydrogens is 1600 g/mol. The molecule has 0 radical (unpaired) electrons. The van der Waals surface area contributed by atoms with E-state index in [0.29, 0.717) is 37.7 Å². The van der Waals surface area contributed by atoms with Crippen molar-refractivity contribution in [3.05, 3.63) is 88.1 Å². The molecular formula is C76H103F3N6O34. The van der Waals surface area contributed by atoms with E-state index >= 15 is 13.2 Å². The molecule has 40 nitrogen and oxygen atoms in total. The average molecular weight is 1700 g/mol. The smallest absolute Gasteiger partial charge is 0.464 e.